The van der Waals surface area contributed by atoms with E-state index in [4.69, 9.17) is 11.6 Å². The molecule has 3 rings (SSSR count). The van der Waals surface area contributed by atoms with Gasteiger partial charge in [0.05, 0.1) is 26.9 Å². The zero-order valence-electron chi connectivity index (χ0n) is 16.4. The summed E-state index contributed by atoms with van der Waals surface area (Å²) >= 11 is 7.14. The molecule has 0 aliphatic carbocycles. The van der Waals surface area contributed by atoms with Crippen molar-refractivity contribution in [3.8, 4) is 5.69 Å². The van der Waals surface area contributed by atoms with Gasteiger partial charge in [-0.25, -0.2) is 9.37 Å². The van der Waals surface area contributed by atoms with Crippen molar-refractivity contribution in [3.63, 3.8) is 0 Å². The maximum absolute atomic E-state index is 13.7. The first-order valence-corrected chi connectivity index (χ1v) is 10.6. The van der Waals surface area contributed by atoms with Gasteiger partial charge < -0.3 is 4.90 Å². The number of thioether (sulfide) groups is 1. The molecule has 0 aliphatic heterocycles. The van der Waals surface area contributed by atoms with E-state index in [1.165, 1.54) is 34.5 Å². The molecule has 5 nitrogen and oxygen atoms in total. The van der Waals surface area contributed by atoms with Crippen LogP contribution in [-0.2, 0) is 4.79 Å². The number of fused-ring (bicyclic) bond motifs is 1. The highest BCUT2D eigenvalue weighted by Crippen LogP contribution is 2.27. The Bertz CT molecular complexity index is 1110. The molecule has 0 spiro atoms. The van der Waals surface area contributed by atoms with E-state index in [1.54, 1.807) is 36.1 Å². The van der Waals surface area contributed by atoms with Crippen molar-refractivity contribution in [3.05, 3.63) is 63.7 Å². The van der Waals surface area contributed by atoms with Gasteiger partial charge in [0, 0.05) is 13.1 Å². The second kappa shape index (κ2) is 8.97. The van der Waals surface area contributed by atoms with Crippen LogP contribution in [0.1, 0.15) is 20.8 Å². The van der Waals surface area contributed by atoms with Crippen LogP contribution in [-0.4, -0.2) is 38.7 Å². The number of hydrogen-bond acceptors (Lipinski definition) is 4. The molecule has 0 fully saturated rings. The fourth-order valence-electron chi connectivity index (χ4n) is 3.04. The molecule has 0 N–H and O–H groups in total. The van der Waals surface area contributed by atoms with Crippen molar-refractivity contribution in [2.45, 2.75) is 31.2 Å². The minimum absolute atomic E-state index is 0.0360. The van der Waals surface area contributed by atoms with Gasteiger partial charge in [0.25, 0.3) is 5.56 Å². The predicted molar refractivity (Wildman–Crippen MR) is 116 cm³/mol. The van der Waals surface area contributed by atoms with Crippen molar-refractivity contribution in [1.29, 1.82) is 0 Å². The number of aromatic nitrogens is 2. The van der Waals surface area contributed by atoms with E-state index < -0.39 is 11.1 Å². The van der Waals surface area contributed by atoms with E-state index in [1.807, 2.05) is 13.8 Å². The van der Waals surface area contributed by atoms with Crippen LogP contribution in [0.15, 0.2) is 52.4 Å². The van der Waals surface area contributed by atoms with Crippen molar-refractivity contribution in [1.82, 2.24) is 14.5 Å². The maximum Gasteiger partial charge on any atom is 0.266 e. The first-order valence-electron chi connectivity index (χ1n) is 9.30. The molecule has 29 heavy (non-hydrogen) atoms. The fourth-order valence-corrected chi connectivity index (χ4v) is 4.23. The van der Waals surface area contributed by atoms with E-state index in [0.717, 1.165) is 0 Å². The molecule has 1 amide bonds. The summed E-state index contributed by atoms with van der Waals surface area (Å²) in [7, 11) is 0. The van der Waals surface area contributed by atoms with E-state index >= 15 is 0 Å². The number of nitrogens with zero attached hydrogens (tertiary/aromatic N) is 3. The summed E-state index contributed by atoms with van der Waals surface area (Å²) in [6.07, 6.45) is 0. The summed E-state index contributed by atoms with van der Waals surface area (Å²) in [6, 6.07) is 11.1. The lowest BCUT2D eigenvalue weighted by Crippen LogP contribution is -2.36. The standard InChI is InChI=1S/C21H21ClFN3O2S/c1-4-25(5-2)19(27)13(3)29-21-24-18-9-7-6-8-15(18)20(28)26(21)14-10-11-17(23)16(22)12-14/h6-13H,4-5H2,1-3H3. The smallest absolute Gasteiger partial charge is 0.266 e. The van der Waals surface area contributed by atoms with Gasteiger partial charge in [0.1, 0.15) is 5.82 Å². The summed E-state index contributed by atoms with van der Waals surface area (Å²) < 4.78 is 15.0. The third-order valence-electron chi connectivity index (χ3n) is 4.61. The van der Waals surface area contributed by atoms with Gasteiger partial charge in [-0.3, -0.25) is 14.2 Å². The van der Waals surface area contributed by atoms with Crippen LogP contribution in [0, 0.1) is 5.82 Å². The molecule has 2 aromatic carbocycles. The zero-order valence-corrected chi connectivity index (χ0v) is 17.9. The lowest BCUT2D eigenvalue weighted by molar-refractivity contribution is -0.129. The van der Waals surface area contributed by atoms with Gasteiger partial charge in [-0.15, -0.1) is 0 Å². The average Bonchev–Trinajstić information content (AvgIpc) is 2.71. The molecule has 1 unspecified atom stereocenters. The molecule has 0 saturated carbocycles. The first-order chi connectivity index (χ1) is 13.9. The number of rotatable bonds is 6. The molecule has 152 valence electrons. The van der Waals surface area contributed by atoms with Gasteiger partial charge in [-0.2, -0.15) is 0 Å². The lowest BCUT2D eigenvalue weighted by Gasteiger charge is -2.23. The number of carbonyl (C=O) groups is 1. The first kappa shape index (κ1) is 21.3. The average molecular weight is 434 g/mol. The third-order valence-corrected chi connectivity index (χ3v) is 5.94. The SMILES string of the molecule is CCN(CC)C(=O)C(C)Sc1nc2ccccc2c(=O)n1-c1ccc(F)c(Cl)c1. The zero-order chi connectivity index (χ0) is 21.1. The van der Waals surface area contributed by atoms with E-state index in [2.05, 4.69) is 4.98 Å². The molecule has 3 aromatic rings. The van der Waals surface area contributed by atoms with Gasteiger partial charge in [0.15, 0.2) is 5.16 Å². The Labute approximate surface area is 177 Å². The summed E-state index contributed by atoms with van der Waals surface area (Å²) in [5.74, 6) is -0.609. The van der Waals surface area contributed by atoms with Crippen molar-refractivity contribution >= 4 is 40.2 Å². The Morgan fingerprint density at radius 1 is 1.24 bits per heavy atom. The summed E-state index contributed by atoms with van der Waals surface area (Å²) in [5, 5.41) is 0.236. The largest absolute Gasteiger partial charge is 0.342 e. The minimum Gasteiger partial charge on any atom is -0.342 e. The van der Waals surface area contributed by atoms with Crippen molar-refractivity contribution in [2.75, 3.05) is 13.1 Å². The molecular weight excluding hydrogens is 413 g/mol. The van der Waals surface area contributed by atoms with Crippen LogP contribution in [0.25, 0.3) is 16.6 Å². The number of halogens is 2. The van der Waals surface area contributed by atoms with Crippen LogP contribution in [0.5, 0.6) is 0 Å². The molecule has 0 aliphatic rings. The minimum atomic E-state index is -0.573. The van der Waals surface area contributed by atoms with Gasteiger partial charge in [-0.05, 0) is 51.1 Å². The monoisotopic (exact) mass is 433 g/mol. The Kier molecular flexibility index (Phi) is 6.59. The summed E-state index contributed by atoms with van der Waals surface area (Å²) in [6.45, 7) is 6.83. The van der Waals surface area contributed by atoms with E-state index in [0.29, 0.717) is 34.8 Å². The van der Waals surface area contributed by atoms with Crippen LogP contribution in [0.3, 0.4) is 0 Å². The molecule has 0 radical (unpaired) electrons. The quantitative estimate of drug-likeness (QED) is 0.423. The number of carbonyl (C=O) groups excluding carboxylic acids is 1. The Morgan fingerprint density at radius 2 is 1.93 bits per heavy atom. The molecule has 1 heterocycles. The van der Waals surface area contributed by atoms with Crippen LogP contribution >= 0.6 is 23.4 Å². The molecule has 1 aromatic heterocycles. The molecule has 0 bridgehead atoms. The Balaban J connectivity index is 2.15. The van der Waals surface area contributed by atoms with Crippen LogP contribution in [0.2, 0.25) is 5.02 Å². The molecular formula is C21H21ClFN3O2S. The normalized spacial score (nSPS) is 12.2. The highest BCUT2D eigenvalue weighted by Gasteiger charge is 2.23. The van der Waals surface area contributed by atoms with Gasteiger partial charge in [0.2, 0.25) is 5.91 Å². The summed E-state index contributed by atoms with van der Waals surface area (Å²) in [4.78, 5) is 32.3. The Hall–Kier alpha value is -2.38. The predicted octanol–water partition coefficient (Wildman–Crippen LogP) is 4.53. The van der Waals surface area contributed by atoms with E-state index in [-0.39, 0.29) is 16.5 Å². The lowest BCUT2D eigenvalue weighted by atomic mass is 10.2. The number of benzene rings is 2. The van der Waals surface area contributed by atoms with Gasteiger partial charge in [-0.1, -0.05) is 35.5 Å². The third kappa shape index (κ3) is 4.31. The molecule has 0 saturated heterocycles. The highest BCUT2D eigenvalue weighted by atomic mass is 35.5. The van der Waals surface area contributed by atoms with Crippen molar-refractivity contribution < 1.29 is 9.18 Å². The number of para-hydroxylation sites is 1. The van der Waals surface area contributed by atoms with E-state index in [9.17, 15) is 14.0 Å². The topological polar surface area (TPSA) is 55.2 Å². The highest BCUT2D eigenvalue weighted by molar-refractivity contribution is 8.00. The molecule has 8 heteroatoms. The fraction of sp³-hybridized carbons (Fsp3) is 0.286. The second-order valence-corrected chi connectivity index (χ2v) is 8.14. The molecule has 1 atom stereocenters. The second-order valence-electron chi connectivity index (χ2n) is 6.42. The Morgan fingerprint density at radius 3 is 2.59 bits per heavy atom. The van der Waals surface area contributed by atoms with Crippen LogP contribution in [0.4, 0.5) is 4.39 Å². The van der Waals surface area contributed by atoms with Crippen LogP contribution < -0.4 is 5.56 Å². The number of hydrogen-bond donors (Lipinski definition) is 0. The van der Waals surface area contributed by atoms with Crippen molar-refractivity contribution in [2.24, 2.45) is 0 Å². The van der Waals surface area contributed by atoms with Gasteiger partial charge >= 0.3 is 0 Å². The number of amides is 1. The maximum atomic E-state index is 13.7. The summed E-state index contributed by atoms with van der Waals surface area (Å²) in [5.41, 5.74) is 0.625.